The third kappa shape index (κ3) is 7.42. The first-order valence-electron chi connectivity index (χ1n) is 16.0. The van der Waals surface area contributed by atoms with E-state index in [0.717, 1.165) is 16.7 Å². The summed E-state index contributed by atoms with van der Waals surface area (Å²) < 4.78 is 33.7. The van der Waals surface area contributed by atoms with Gasteiger partial charge >= 0.3 is 6.09 Å². The normalized spacial score (nSPS) is 18.3. The Labute approximate surface area is 271 Å². The van der Waals surface area contributed by atoms with Crippen LogP contribution in [0.4, 0.5) is 4.79 Å². The summed E-state index contributed by atoms with van der Waals surface area (Å²) in [6, 6.07) is 25.4. The number of amides is 3. The third-order valence-electron chi connectivity index (χ3n) is 8.81. The van der Waals surface area contributed by atoms with Crippen LogP contribution in [0.2, 0.25) is 0 Å². The van der Waals surface area contributed by atoms with Gasteiger partial charge in [0.2, 0.25) is 21.8 Å². The Balaban J connectivity index is 1.13. The molecule has 0 unspecified atom stereocenters. The zero-order chi connectivity index (χ0) is 32.6. The molecule has 0 bridgehead atoms. The Morgan fingerprint density at radius 3 is 2.20 bits per heavy atom. The van der Waals surface area contributed by atoms with Gasteiger partial charge in [-0.1, -0.05) is 79.7 Å². The lowest BCUT2D eigenvalue weighted by Gasteiger charge is -2.51. The van der Waals surface area contributed by atoms with E-state index in [0.29, 0.717) is 38.8 Å². The molecule has 2 fully saturated rings. The fourth-order valence-electron chi connectivity index (χ4n) is 6.25. The number of unbranched alkanes of at least 4 members (excludes halogenated alkanes) is 1. The van der Waals surface area contributed by atoms with Gasteiger partial charge in [-0.25, -0.2) is 13.2 Å². The number of rotatable bonds is 12. The number of piperazine rings is 1. The number of nitrogens with zero attached hydrogens (tertiary/aromatic N) is 2. The number of ether oxygens (including phenoxy) is 1. The van der Waals surface area contributed by atoms with Gasteiger partial charge in [-0.2, -0.15) is 4.31 Å². The molecule has 2 saturated heterocycles. The molecule has 0 saturated carbocycles. The van der Waals surface area contributed by atoms with Crippen LogP contribution in [0.5, 0.6) is 0 Å². The van der Waals surface area contributed by atoms with Crippen LogP contribution in [-0.4, -0.2) is 73.3 Å². The number of sulfonamides is 1. The molecule has 1 atom stereocenters. The average molecular weight is 647 g/mol. The Morgan fingerprint density at radius 1 is 0.913 bits per heavy atom. The van der Waals surface area contributed by atoms with E-state index < -0.39 is 27.7 Å². The molecule has 3 aromatic carbocycles. The molecule has 46 heavy (non-hydrogen) atoms. The molecule has 0 aromatic heterocycles. The summed E-state index contributed by atoms with van der Waals surface area (Å²) in [5, 5.41) is 5.68. The predicted molar refractivity (Wildman–Crippen MR) is 175 cm³/mol. The van der Waals surface area contributed by atoms with E-state index in [-0.39, 0.29) is 49.2 Å². The van der Waals surface area contributed by atoms with Gasteiger partial charge < -0.3 is 20.3 Å². The van der Waals surface area contributed by atoms with Crippen LogP contribution in [0.25, 0.3) is 11.1 Å². The minimum atomic E-state index is -3.77. The maximum Gasteiger partial charge on any atom is 0.407 e. The van der Waals surface area contributed by atoms with Crippen LogP contribution in [-0.2, 0) is 31.0 Å². The highest BCUT2D eigenvalue weighted by molar-refractivity contribution is 7.89. The molecule has 244 valence electrons. The van der Waals surface area contributed by atoms with Crippen molar-refractivity contribution in [2.45, 2.75) is 68.5 Å². The minimum absolute atomic E-state index is 0.135. The van der Waals surface area contributed by atoms with Crippen LogP contribution in [0.15, 0.2) is 89.8 Å². The Hall–Kier alpha value is -4.22. The first-order chi connectivity index (χ1) is 22.2. The van der Waals surface area contributed by atoms with Crippen molar-refractivity contribution in [1.29, 1.82) is 0 Å². The highest BCUT2D eigenvalue weighted by Gasteiger charge is 2.54. The van der Waals surface area contributed by atoms with Gasteiger partial charge in [0.1, 0.15) is 18.2 Å². The standard InChI is InChI=1S/C35H42N4O6S/c1-2-23-39-32(40)31(15-9-10-22-36-34(42)45-26-27-11-5-3-6-12-27)37-33(41)35(39)20-24-38(25-21-35)46(43,44)30-18-16-29(17-19-30)28-13-7-4-8-14-28/h3-8,11-14,16-19,31H,2,9-10,15,20-26H2,1H3,(H,36,42)(H,37,41)/t31-/m0/s1. The number of benzene rings is 3. The second-order valence-corrected chi connectivity index (χ2v) is 13.8. The molecular weight excluding hydrogens is 604 g/mol. The molecule has 2 heterocycles. The van der Waals surface area contributed by atoms with Crippen molar-refractivity contribution in [1.82, 2.24) is 19.8 Å². The SMILES string of the molecule is CCCN1C(=O)[C@H](CCCCNC(=O)OCc2ccccc2)NC(=O)C12CCN(S(=O)(=O)c1ccc(-c3ccccc3)cc1)CC2. The van der Waals surface area contributed by atoms with Gasteiger partial charge in [0.05, 0.1) is 4.90 Å². The molecule has 11 heteroatoms. The minimum Gasteiger partial charge on any atom is -0.445 e. The molecular formula is C35H42N4O6S. The quantitative estimate of drug-likeness (QED) is 0.275. The molecule has 2 aliphatic rings. The van der Waals surface area contributed by atoms with E-state index in [4.69, 9.17) is 4.74 Å². The van der Waals surface area contributed by atoms with Gasteiger partial charge in [-0.05, 0) is 67.3 Å². The van der Waals surface area contributed by atoms with Crippen molar-refractivity contribution >= 4 is 27.9 Å². The lowest BCUT2D eigenvalue weighted by Crippen LogP contribution is -2.73. The average Bonchev–Trinajstić information content (AvgIpc) is 3.09. The monoisotopic (exact) mass is 646 g/mol. The number of hydrogen-bond donors (Lipinski definition) is 2. The zero-order valence-electron chi connectivity index (χ0n) is 26.2. The maximum absolute atomic E-state index is 13.7. The van der Waals surface area contributed by atoms with E-state index >= 15 is 0 Å². The summed E-state index contributed by atoms with van der Waals surface area (Å²) in [6.45, 7) is 3.25. The highest BCUT2D eigenvalue weighted by atomic mass is 32.2. The van der Waals surface area contributed by atoms with Crippen molar-refractivity contribution in [3.05, 3.63) is 90.5 Å². The number of piperidine rings is 1. The molecule has 0 radical (unpaired) electrons. The maximum atomic E-state index is 13.7. The van der Waals surface area contributed by atoms with E-state index in [1.54, 1.807) is 29.2 Å². The molecule has 10 nitrogen and oxygen atoms in total. The Morgan fingerprint density at radius 2 is 1.54 bits per heavy atom. The number of nitrogens with one attached hydrogen (secondary N) is 2. The van der Waals surface area contributed by atoms with Crippen molar-refractivity contribution in [2.75, 3.05) is 26.2 Å². The lowest BCUT2D eigenvalue weighted by atomic mass is 9.81. The number of carbonyl (C=O) groups is 3. The van der Waals surface area contributed by atoms with Gasteiger partial charge in [-0.3, -0.25) is 9.59 Å². The van der Waals surface area contributed by atoms with E-state index in [9.17, 15) is 22.8 Å². The Bertz CT molecular complexity index is 1590. The number of alkyl carbamates (subject to hydrolysis) is 1. The van der Waals surface area contributed by atoms with Crippen molar-refractivity contribution in [2.24, 2.45) is 0 Å². The van der Waals surface area contributed by atoms with Gasteiger partial charge in [0.25, 0.3) is 0 Å². The topological polar surface area (TPSA) is 125 Å². The van der Waals surface area contributed by atoms with Crippen molar-refractivity contribution in [3.63, 3.8) is 0 Å². The van der Waals surface area contributed by atoms with Gasteiger partial charge in [0, 0.05) is 26.2 Å². The van der Waals surface area contributed by atoms with Crippen molar-refractivity contribution < 1.29 is 27.5 Å². The van der Waals surface area contributed by atoms with E-state index in [1.807, 2.05) is 67.6 Å². The molecule has 0 aliphatic carbocycles. The van der Waals surface area contributed by atoms with Crippen molar-refractivity contribution in [3.8, 4) is 11.1 Å². The van der Waals surface area contributed by atoms with Crippen LogP contribution in [0.1, 0.15) is 51.0 Å². The zero-order valence-corrected chi connectivity index (χ0v) is 27.0. The predicted octanol–water partition coefficient (Wildman–Crippen LogP) is 4.71. The van der Waals surface area contributed by atoms with Crippen LogP contribution < -0.4 is 10.6 Å². The second kappa shape index (κ2) is 14.9. The Kier molecular flexibility index (Phi) is 10.7. The summed E-state index contributed by atoms with van der Waals surface area (Å²) in [5.74, 6) is -0.359. The van der Waals surface area contributed by atoms with Gasteiger partial charge in [-0.15, -0.1) is 0 Å². The third-order valence-corrected chi connectivity index (χ3v) is 10.7. The van der Waals surface area contributed by atoms with E-state index in [2.05, 4.69) is 10.6 Å². The molecule has 3 amide bonds. The number of hydrogen-bond acceptors (Lipinski definition) is 6. The van der Waals surface area contributed by atoms with Crippen LogP contribution in [0.3, 0.4) is 0 Å². The molecule has 2 aliphatic heterocycles. The first-order valence-corrected chi connectivity index (χ1v) is 17.4. The van der Waals surface area contributed by atoms with Crippen LogP contribution >= 0.6 is 0 Å². The lowest BCUT2D eigenvalue weighted by molar-refractivity contribution is -0.160. The first kappa shape index (κ1) is 33.2. The molecule has 3 aromatic rings. The molecule has 5 rings (SSSR count). The fourth-order valence-corrected chi connectivity index (χ4v) is 7.69. The fraction of sp³-hybridized carbons (Fsp3) is 0.400. The number of carbonyl (C=O) groups excluding carboxylic acids is 3. The van der Waals surface area contributed by atoms with Crippen LogP contribution in [0, 0.1) is 0 Å². The van der Waals surface area contributed by atoms with E-state index in [1.165, 1.54) is 4.31 Å². The van der Waals surface area contributed by atoms with Gasteiger partial charge in [0.15, 0.2) is 0 Å². The molecule has 1 spiro atoms. The second-order valence-electron chi connectivity index (χ2n) is 11.8. The highest BCUT2D eigenvalue weighted by Crippen LogP contribution is 2.36. The summed E-state index contributed by atoms with van der Waals surface area (Å²) in [6.07, 6.45) is 2.33. The summed E-state index contributed by atoms with van der Waals surface area (Å²) in [5.41, 5.74) is 1.76. The summed E-state index contributed by atoms with van der Waals surface area (Å²) in [4.78, 5) is 41.2. The largest absolute Gasteiger partial charge is 0.445 e. The summed E-state index contributed by atoms with van der Waals surface area (Å²) in [7, 11) is -3.77. The smallest absolute Gasteiger partial charge is 0.407 e. The molecule has 2 N–H and O–H groups in total. The summed E-state index contributed by atoms with van der Waals surface area (Å²) >= 11 is 0.